The van der Waals surface area contributed by atoms with E-state index in [1.165, 1.54) is 62.1 Å². The number of furan rings is 4. The summed E-state index contributed by atoms with van der Waals surface area (Å²) >= 11 is 0. The minimum Gasteiger partial charge on any atom is -0.437 e. The van der Waals surface area contributed by atoms with Gasteiger partial charge in [-0.05, 0) is 201 Å². The van der Waals surface area contributed by atoms with Crippen LogP contribution in [0.3, 0.4) is 0 Å². The summed E-state index contributed by atoms with van der Waals surface area (Å²) in [5, 5.41) is 8.28. The van der Waals surface area contributed by atoms with Gasteiger partial charge in [-0.1, -0.05) is 173 Å². The van der Waals surface area contributed by atoms with Crippen molar-refractivity contribution in [2.45, 2.75) is 227 Å². The Morgan fingerprint density at radius 2 is 0.635 bits per heavy atom. The first kappa shape index (κ1) is 69.8. The van der Waals surface area contributed by atoms with Crippen molar-refractivity contribution >= 4 is 88.3 Å². The summed E-state index contributed by atoms with van der Waals surface area (Å²) in [4.78, 5) is 18.9. The van der Waals surface area contributed by atoms with Gasteiger partial charge in [-0.2, -0.15) is 0 Å². The van der Waals surface area contributed by atoms with E-state index in [1.54, 1.807) is 31.5 Å². The van der Waals surface area contributed by atoms with Crippen molar-refractivity contribution in [1.82, 2.24) is 19.9 Å². The van der Waals surface area contributed by atoms with E-state index >= 15 is 0 Å². The predicted octanol–water partition coefficient (Wildman–Crippen LogP) is 25.4. The second-order valence-corrected chi connectivity index (χ2v) is 33.1. The molecule has 0 amide bonds. The lowest BCUT2D eigenvalue weighted by Crippen LogP contribution is -2.32. The van der Waals surface area contributed by atoms with Crippen molar-refractivity contribution in [3.8, 4) is 45.0 Å². The zero-order valence-corrected chi connectivity index (χ0v) is 72.3. The third-order valence-corrected chi connectivity index (χ3v) is 22.8. The van der Waals surface area contributed by atoms with Gasteiger partial charge in [0, 0.05) is 126 Å². The molecular formula is C103H122N8O4+4. The van der Waals surface area contributed by atoms with Crippen LogP contribution in [-0.2, 0) is 66.6 Å². The standard InChI is InChI=1S/C27H33N2O.C26H31N2O.2C25H29N2O/c1-16(2)22-12-11-21-20-10-9-17(3)24(25(20)30-26(21)28-22)23-13-18(4)19(15-29(23)8)14-27(5,6)7;1-8-18-13-23(28(7)14-21(18)15(2)3)24-17(6)9-10-19-20-11-12-22(16(4)5)27-26(20)29-25(19)24;2*1-7-17-13-22(27(6)14-21(17)15(3)4)23-16(5)9-11-19-20-12-10-18(8-2)26-25(20)28-24(19)23/h9-13,15-16H,14H2,1-8H3;9-16H,8H2,1-7H3;2*9-15H,7-8H2,1-6H3/q4*+1/i5D3,6D3,14D2;;7D2;. The Kier molecular flexibility index (Phi) is 20.2. The Labute approximate surface area is 695 Å². The summed E-state index contributed by atoms with van der Waals surface area (Å²) in [6.45, 7) is 36.9. The van der Waals surface area contributed by atoms with Gasteiger partial charge >= 0.3 is 0 Å². The highest BCUT2D eigenvalue weighted by Crippen LogP contribution is 2.43. The van der Waals surface area contributed by atoms with Crippen LogP contribution >= 0.6 is 0 Å². The number of hydrogen-bond donors (Lipinski definition) is 0. The van der Waals surface area contributed by atoms with Crippen LogP contribution in [0.1, 0.15) is 257 Å². The van der Waals surface area contributed by atoms with E-state index in [1.807, 2.05) is 44.3 Å². The fourth-order valence-corrected chi connectivity index (χ4v) is 16.3. The first-order valence-corrected chi connectivity index (χ1v) is 41.1. The molecule has 12 nitrogen and oxygen atoms in total. The van der Waals surface area contributed by atoms with Gasteiger partial charge in [0.15, 0.2) is 47.1 Å². The zero-order chi connectivity index (χ0) is 91.2. The fourth-order valence-electron chi connectivity index (χ4n) is 16.3. The third kappa shape index (κ3) is 16.1. The summed E-state index contributed by atoms with van der Waals surface area (Å²) in [6, 6.07) is 42.0. The topological polar surface area (TPSA) is 120 Å². The highest BCUT2D eigenvalue weighted by molar-refractivity contribution is 6.12. The van der Waals surface area contributed by atoms with Crippen molar-refractivity contribution in [3.05, 3.63) is 236 Å². The molecule has 12 heterocycles. The van der Waals surface area contributed by atoms with E-state index in [2.05, 4.69) is 254 Å². The second kappa shape index (κ2) is 33.2. The number of aryl methyl sites for hydroxylation is 14. The summed E-state index contributed by atoms with van der Waals surface area (Å²) in [7, 11) is 8.02. The second-order valence-electron chi connectivity index (χ2n) is 33.1. The molecule has 0 aliphatic heterocycles. The Hall–Kier alpha value is -10.7. The van der Waals surface area contributed by atoms with Gasteiger partial charge in [0.2, 0.25) is 45.6 Å². The zero-order valence-electron chi connectivity index (χ0n) is 82.3. The summed E-state index contributed by atoms with van der Waals surface area (Å²) in [5.74, 6) is 1.87. The minimum atomic E-state index is -3.08. The summed E-state index contributed by atoms with van der Waals surface area (Å²) in [6.07, 6.45) is 7.82. The molecule has 0 spiro atoms. The van der Waals surface area contributed by atoms with Crippen molar-refractivity contribution in [2.24, 2.45) is 33.6 Å². The molecule has 594 valence electrons. The van der Waals surface area contributed by atoms with Gasteiger partial charge in [-0.15, -0.1) is 0 Å². The number of hydrogen-bond acceptors (Lipinski definition) is 8. The number of aromatic nitrogens is 8. The molecule has 0 unspecified atom stereocenters. The highest BCUT2D eigenvalue weighted by Gasteiger charge is 2.30. The Morgan fingerprint density at radius 3 is 0.939 bits per heavy atom. The van der Waals surface area contributed by atoms with Gasteiger partial charge in [0.1, 0.15) is 28.2 Å². The van der Waals surface area contributed by atoms with E-state index in [-0.39, 0.29) is 17.4 Å². The van der Waals surface area contributed by atoms with E-state index in [0.29, 0.717) is 40.3 Å². The molecule has 115 heavy (non-hydrogen) atoms. The van der Waals surface area contributed by atoms with Gasteiger partial charge in [-0.25, -0.2) is 38.2 Å². The molecule has 0 N–H and O–H groups in total. The van der Waals surface area contributed by atoms with Crippen LogP contribution < -0.4 is 18.3 Å². The van der Waals surface area contributed by atoms with Crippen LogP contribution in [0.4, 0.5) is 0 Å². The molecular weight excluding hydrogens is 1410 g/mol. The van der Waals surface area contributed by atoms with E-state index in [9.17, 15) is 0 Å². The maximum Gasteiger partial charge on any atom is 0.227 e. The van der Waals surface area contributed by atoms with Crippen molar-refractivity contribution in [1.29, 1.82) is 0 Å². The molecule has 0 saturated carbocycles. The van der Waals surface area contributed by atoms with Gasteiger partial charge in [0.05, 0.1) is 22.3 Å². The van der Waals surface area contributed by atoms with Crippen LogP contribution in [0.2, 0.25) is 0 Å². The van der Waals surface area contributed by atoms with Crippen LogP contribution in [0.5, 0.6) is 0 Å². The lowest BCUT2D eigenvalue weighted by atomic mass is 9.86. The number of pyridine rings is 8. The minimum absolute atomic E-state index is 0.0103. The molecule has 0 aliphatic rings. The summed E-state index contributed by atoms with van der Waals surface area (Å²) in [5.41, 5.74) is 27.9. The van der Waals surface area contributed by atoms with E-state index < -0.39 is 31.9 Å². The first-order chi connectivity index (χ1) is 58.7. The number of rotatable bonds is 15. The van der Waals surface area contributed by atoms with Crippen LogP contribution in [0.25, 0.3) is 133 Å². The smallest absolute Gasteiger partial charge is 0.227 e. The Bertz CT molecular complexity index is 6840. The fraction of sp³-hybridized carbons (Fsp3) is 0.379. The van der Waals surface area contributed by atoms with Gasteiger partial charge < -0.3 is 17.7 Å². The Balaban J connectivity index is 0.000000144. The molecule has 0 fully saturated rings. The van der Waals surface area contributed by atoms with Crippen LogP contribution in [0, 0.1) is 40.0 Å². The largest absolute Gasteiger partial charge is 0.437 e. The normalized spacial score (nSPS) is 13.8. The van der Waals surface area contributed by atoms with E-state index in [4.69, 9.17) is 46.3 Å². The van der Waals surface area contributed by atoms with Crippen molar-refractivity contribution in [2.75, 3.05) is 0 Å². The molecule has 12 heteroatoms. The Morgan fingerprint density at radius 1 is 0.339 bits per heavy atom. The van der Waals surface area contributed by atoms with Crippen molar-refractivity contribution < 1.29 is 49.6 Å². The molecule has 12 aromatic heterocycles. The molecule has 0 aliphatic carbocycles. The van der Waals surface area contributed by atoms with Gasteiger partial charge in [-0.3, -0.25) is 0 Å². The van der Waals surface area contributed by atoms with E-state index in [0.717, 1.165) is 171 Å². The lowest BCUT2D eigenvalue weighted by Gasteiger charge is -2.19. The number of nitrogens with zero attached hydrogens (tertiary/aromatic N) is 8. The third-order valence-electron chi connectivity index (χ3n) is 22.8. The molecule has 0 radical (unpaired) electrons. The maximum atomic E-state index is 8.85. The molecule has 0 atom stereocenters. The SMILES string of the molecule is CCc1cc(-c2c(C)ccc3c2oc2nc(C(C)C)ccc23)[n+](C)cc1C(C)C.CCc1ccc2c(n1)oc1c(-c3cc(CC)c(C(C)C)c[n+]3C)c(C)ccc12.[2H]C([2H])(C)c1cc(-c2c(C)ccc3c2oc2nc(CC)ccc23)[n+](C)cc1C(C)C.[2H]C([2H])([2H])C(C)(C([2H])([2H])[2H])C([2H])([2H])c1c[n+](C)c(-c2c(C)ccc3c2oc2nc(C(C)C)ccc23)cc1C. The molecule has 16 aromatic rings. The highest BCUT2D eigenvalue weighted by atomic mass is 16.4. The average Bonchev–Trinajstić information content (AvgIpc) is 1.68. The number of benzene rings is 4. The maximum absolute atomic E-state index is 8.85. The molecule has 4 aromatic carbocycles. The predicted molar refractivity (Wildman–Crippen MR) is 477 cm³/mol. The number of fused-ring (bicyclic) bond motifs is 12. The monoisotopic (exact) mass is 1550 g/mol. The van der Waals surface area contributed by atoms with Gasteiger partial charge in [0.25, 0.3) is 0 Å². The lowest BCUT2D eigenvalue weighted by molar-refractivity contribution is -0.661. The van der Waals surface area contributed by atoms with Crippen molar-refractivity contribution in [3.63, 3.8) is 0 Å². The molecule has 16 rings (SSSR count). The van der Waals surface area contributed by atoms with Crippen LogP contribution in [-0.4, -0.2) is 19.9 Å². The quantitative estimate of drug-likeness (QED) is 0.0931. The first-order valence-electron chi connectivity index (χ1n) is 46.1. The molecule has 0 bridgehead atoms. The molecule has 0 saturated heterocycles. The summed E-state index contributed by atoms with van der Waals surface area (Å²) < 4.78 is 116. The van der Waals surface area contributed by atoms with Crippen LogP contribution in [0.15, 0.2) is 164 Å². The average molecular weight is 1550 g/mol.